The third kappa shape index (κ3) is 2.58. The molecule has 0 saturated heterocycles. The Morgan fingerprint density at radius 3 is 2.58 bits per heavy atom. The molecule has 1 radical (unpaired) electrons. The summed E-state index contributed by atoms with van der Waals surface area (Å²) in [6.07, 6.45) is 0. The smallest absolute Gasteiger partial charge is 0.338 e. The molecule has 2 nitrogen and oxygen atoms in total. The molecule has 1 rings (SSSR count). The van der Waals surface area contributed by atoms with E-state index >= 15 is 0 Å². The van der Waals surface area contributed by atoms with Gasteiger partial charge in [-0.3, -0.25) is 0 Å². The predicted molar refractivity (Wildman–Crippen MR) is 49.2 cm³/mol. The summed E-state index contributed by atoms with van der Waals surface area (Å²) in [5.74, 6) is 0.138. The van der Waals surface area contributed by atoms with Crippen molar-refractivity contribution in [2.24, 2.45) is 0 Å². The van der Waals surface area contributed by atoms with Gasteiger partial charge in [0.05, 0.1) is 5.56 Å². The van der Waals surface area contributed by atoms with Crippen molar-refractivity contribution in [1.29, 1.82) is 0 Å². The largest absolute Gasteiger partial charge is 0.461 e. The summed E-state index contributed by atoms with van der Waals surface area (Å²) in [6.45, 7) is 0.309. The van der Waals surface area contributed by atoms with Crippen LogP contribution in [0.25, 0.3) is 0 Å². The Morgan fingerprint density at radius 2 is 2.00 bits per heavy atom. The maximum absolute atomic E-state index is 11.1. The molecule has 0 fully saturated rings. The van der Waals surface area contributed by atoms with Crippen LogP contribution in [0.4, 0.5) is 0 Å². The number of benzene rings is 1. The molecule has 0 aliphatic rings. The molecule has 63 valence electrons. The van der Waals surface area contributed by atoms with Gasteiger partial charge in [-0.15, -0.1) is 0 Å². The number of hydrogen-bond donors (Lipinski definition) is 0. The third-order valence-corrected chi connectivity index (χ3v) is 1.49. The minimum Gasteiger partial charge on any atom is -0.461 e. The molecule has 0 aliphatic heterocycles. The van der Waals surface area contributed by atoms with E-state index in [0.29, 0.717) is 17.9 Å². The molecule has 0 amide bonds. The molecule has 1 aromatic rings. The van der Waals surface area contributed by atoms with Crippen molar-refractivity contribution < 1.29 is 9.53 Å². The Kier molecular flexibility index (Phi) is 3.67. The second-order valence-corrected chi connectivity index (χ2v) is 2.61. The van der Waals surface area contributed by atoms with Gasteiger partial charge in [0.15, 0.2) is 0 Å². The predicted octanol–water partition coefficient (Wildman–Crippen LogP) is 2.04. The Bertz CT molecular complexity index is 246. The number of carbonyl (C=O) groups excluding carboxylic acids is 1. The first-order valence-electron chi connectivity index (χ1n) is 3.65. The normalized spacial score (nSPS) is 9.42. The van der Waals surface area contributed by atoms with E-state index in [-0.39, 0.29) is 5.97 Å². The average Bonchev–Trinajstić information content (AvgIpc) is 2.15. The van der Waals surface area contributed by atoms with Crippen LogP contribution in [-0.4, -0.2) is 18.3 Å². The van der Waals surface area contributed by atoms with E-state index in [1.54, 1.807) is 24.3 Å². The zero-order chi connectivity index (χ0) is 8.81. The topological polar surface area (TPSA) is 26.3 Å². The van der Waals surface area contributed by atoms with Crippen molar-refractivity contribution in [3.8, 4) is 0 Å². The van der Waals surface area contributed by atoms with Crippen LogP contribution < -0.4 is 0 Å². The molecule has 0 N–H and O–H groups in total. The highest BCUT2D eigenvalue weighted by Crippen LogP contribution is 2.00. The lowest BCUT2D eigenvalue weighted by Gasteiger charge is -2.00. The van der Waals surface area contributed by atoms with Crippen LogP contribution in [-0.2, 0) is 4.74 Å². The first-order valence-corrected chi connectivity index (χ1v) is 4.22. The summed E-state index contributed by atoms with van der Waals surface area (Å²) in [7, 11) is 0. The Labute approximate surface area is 77.0 Å². The number of hydrogen-bond acceptors (Lipinski definition) is 2. The molecular weight excluding hydrogens is 172 g/mol. The van der Waals surface area contributed by atoms with Gasteiger partial charge in [0.2, 0.25) is 0 Å². The van der Waals surface area contributed by atoms with Gasteiger partial charge in [-0.05, 0) is 12.1 Å². The fourth-order valence-corrected chi connectivity index (χ4v) is 0.875. The maximum atomic E-state index is 11.1. The van der Waals surface area contributed by atoms with E-state index in [1.165, 1.54) is 0 Å². The van der Waals surface area contributed by atoms with Gasteiger partial charge < -0.3 is 4.74 Å². The van der Waals surface area contributed by atoms with Crippen LogP contribution in [0.15, 0.2) is 30.3 Å². The lowest BCUT2D eigenvalue weighted by atomic mass is 10.2. The zero-order valence-corrected chi connectivity index (χ0v) is 7.34. The zero-order valence-electron chi connectivity index (χ0n) is 6.53. The van der Waals surface area contributed by atoms with Crippen molar-refractivity contribution in [3.63, 3.8) is 0 Å². The van der Waals surface area contributed by atoms with Gasteiger partial charge in [-0.2, -0.15) is 0 Å². The quantitative estimate of drug-likeness (QED) is 0.667. The van der Waals surface area contributed by atoms with Crippen LogP contribution in [0.5, 0.6) is 0 Å². The van der Waals surface area contributed by atoms with E-state index in [2.05, 4.69) is 12.6 Å². The van der Waals surface area contributed by atoms with Crippen molar-refractivity contribution in [2.45, 2.75) is 0 Å². The third-order valence-electron chi connectivity index (χ3n) is 1.33. The Hall–Kier alpha value is -0.960. The molecule has 0 bridgehead atoms. The number of carbonyl (C=O) groups is 1. The first kappa shape index (κ1) is 9.13. The molecule has 0 aliphatic carbocycles. The van der Waals surface area contributed by atoms with Crippen LogP contribution in [0.1, 0.15) is 10.4 Å². The SMILES string of the molecule is O=C(OCC[S])c1ccccc1. The van der Waals surface area contributed by atoms with Crippen molar-refractivity contribution >= 4 is 18.6 Å². The van der Waals surface area contributed by atoms with Crippen molar-refractivity contribution in [3.05, 3.63) is 35.9 Å². The van der Waals surface area contributed by atoms with Crippen LogP contribution in [0.2, 0.25) is 0 Å². The monoisotopic (exact) mass is 181 g/mol. The van der Waals surface area contributed by atoms with E-state index in [9.17, 15) is 4.79 Å². The molecule has 1 aromatic carbocycles. The van der Waals surface area contributed by atoms with Crippen LogP contribution in [0, 0.1) is 0 Å². The summed E-state index contributed by atoms with van der Waals surface area (Å²) in [5, 5.41) is 0. The second kappa shape index (κ2) is 4.83. The van der Waals surface area contributed by atoms with Gasteiger partial charge in [0.25, 0.3) is 0 Å². The fourth-order valence-electron chi connectivity index (χ4n) is 0.792. The average molecular weight is 181 g/mol. The fraction of sp³-hybridized carbons (Fsp3) is 0.222. The maximum Gasteiger partial charge on any atom is 0.338 e. The van der Waals surface area contributed by atoms with Gasteiger partial charge in [0, 0.05) is 5.75 Å². The highest BCUT2D eigenvalue weighted by atomic mass is 32.1. The highest BCUT2D eigenvalue weighted by molar-refractivity contribution is 7.80. The summed E-state index contributed by atoms with van der Waals surface area (Å²) >= 11 is 4.64. The summed E-state index contributed by atoms with van der Waals surface area (Å²) in [6, 6.07) is 8.87. The molecule has 3 heteroatoms. The number of rotatable bonds is 3. The van der Waals surface area contributed by atoms with E-state index < -0.39 is 0 Å². The standard InChI is InChI=1S/C9H9O2S/c10-9(11-6-7-12)8-4-2-1-3-5-8/h1-5H,6-7H2. The molecule has 0 spiro atoms. The lowest BCUT2D eigenvalue weighted by molar-refractivity contribution is 0.0530. The second-order valence-electron chi connectivity index (χ2n) is 2.21. The molecule has 0 atom stereocenters. The van der Waals surface area contributed by atoms with E-state index in [0.717, 1.165) is 0 Å². The van der Waals surface area contributed by atoms with Crippen LogP contribution in [0.3, 0.4) is 0 Å². The summed E-state index contributed by atoms with van der Waals surface area (Å²) in [4.78, 5) is 11.1. The van der Waals surface area contributed by atoms with Gasteiger partial charge in [0.1, 0.15) is 6.61 Å². The minimum atomic E-state index is -0.305. The van der Waals surface area contributed by atoms with Crippen molar-refractivity contribution in [2.75, 3.05) is 12.4 Å². The van der Waals surface area contributed by atoms with Gasteiger partial charge in [-0.1, -0.05) is 30.8 Å². The van der Waals surface area contributed by atoms with Gasteiger partial charge >= 0.3 is 5.97 Å². The Morgan fingerprint density at radius 1 is 1.33 bits per heavy atom. The molecule has 0 heterocycles. The summed E-state index contributed by atoms with van der Waals surface area (Å²) < 4.78 is 4.83. The molecule has 12 heavy (non-hydrogen) atoms. The number of esters is 1. The summed E-state index contributed by atoms with van der Waals surface area (Å²) in [5.41, 5.74) is 0.570. The first-order chi connectivity index (χ1) is 5.84. The van der Waals surface area contributed by atoms with Gasteiger partial charge in [-0.25, -0.2) is 4.79 Å². The van der Waals surface area contributed by atoms with Crippen molar-refractivity contribution in [1.82, 2.24) is 0 Å². The van der Waals surface area contributed by atoms with Crippen LogP contribution >= 0.6 is 12.6 Å². The number of ether oxygens (including phenoxy) is 1. The molecular formula is C9H9O2S. The van der Waals surface area contributed by atoms with E-state index in [1.807, 2.05) is 6.07 Å². The molecule has 0 saturated carbocycles. The highest BCUT2D eigenvalue weighted by Gasteiger charge is 2.03. The molecule has 0 aromatic heterocycles. The molecule has 0 unspecified atom stereocenters. The lowest BCUT2D eigenvalue weighted by Crippen LogP contribution is -2.06. The Balaban J connectivity index is 2.54. The van der Waals surface area contributed by atoms with E-state index in [4.69, 9.17) is 4.74 Å². The minimum absolute atomic E-state index is 0.305.